The molecule has 3 aromatic carbocycles. The molecule has 0 radical (unpaired) electrons. The number of carbonyl (C=O) groups excluding carboxylic acids is 1. The highest BCUT2D eigenvalue weighted by molar-refractivity contribution is 9.11. The summed E-state index contributed by atoms with van der Waals surface area (Å²) in [6.07, 6.45) is 1.39. The maximum Gasteiger partial charge on any atom is 0.277 e. The van der Waals surface area contributed by atoms with Gasteiger partial charge in [0.1, 0.15) is 5.75 Å². The molecular formula is C19H13Br2N3O4. The molecule has 28 heavy (non-hydrogen) atoms. The fourth-order valence-corrected chi connectivity index (χ4v) is 3.38. The van der Waals surface area contributed by atoms with Gasteiger partial charge in [0.2, 0.25) is 0 Å². The Kier molecular flexibility index (Phi) is 6.37. The second-order valence-corrected chi connectivity index (χ2v) is 7.38. The average molecular weight is 507 g/mol. The van der Waals surface area contributed by atoms with Gasteiger partial charge in [-0.2, -0.15) is 5.10 Å². The highest BCUT2D eigenvalue weighted by Gasteiger charge is 2.09. The number of rotatable bonds is 6. The van der Waals surface area contributed by atoms with Crippen LogP contribution in [-0.2, 0) is 4.79 Å². The molecule has 0 aliphatic heterocycles. The second-order valence-electron chi connectivity index (χ2n) is 5.67. The quantitative estimate of drug-likeness (QED) is 0.295. The molecular weight excluding hydrogens is 494 g/mol. The molecule has 3 rings (SSSR count). The number of nitro benzene ring substituents is 1. The van der Waals surface area contributed by atoms with Crippen molar-refractivity contribution < 1.29 is 14.5 Å². The molecule has 1 amide bonds. The van der Waals surface area contributed by atoms with Crippen molar-refractivity contribution in [1.29, 1.82) is 0 Å². The van der Waals surface area contributed by atoms with Crippen LogP contribution < -0.4 is 10.2 Å². The van der Waals surface area contributed by atoms with Crippen LogP contribution in [0.1, 0.15) is 5.56 Å². The lowest BCUT2D eigenvalue weighted by Crippen LogP contribution is -2.24. The zero-order chi connectivity index (χ0) is 20.1. The number of hydrogen-bond donors (Lipinski definition) is 1. The summed E-state index contributed by atoms with van der Waals surface area (Å²) in [5.74, 6) is 0.116. The lowest BCUT2D eigenvalue weighted by molar-refractivity contribution is -0.384. The lowest BCUT2D eigenvalue weighted by Gasteiger charge is -2.10. The molecule has 142 valence electrons. The van der Waals surface area contributed by atoms with Crippen molar-refractivity contribution in [2.45, 2.75) is 0 Å². The van der Waals surface area contributed by atoms with Crippen molar-refractivity contribution in [3.8, 4) is 5.75 Å². The van der Waals surface area contributed by atoms with Crippen LogP contribution in [-0.4, -0.2) is 23.7 Å². The number of fused-ring (bicyclic) bond motifs is 1. The average Bonchev–Trinajstić information content (AvgIpc) is 2.68. The van der Waals surface area contributed by atoms with Gasteiger partial charge < -0.3 is 4.74 Å². The standard InChI is InChI=1S/C19H13Br2N3O4/c20-14-4-7-16-13(9-14)3-8-17(19(16)21)28-11-18(25)23-22-10-12-1-5-15(6-2-12)24(26)27/h1-10H,11H2,(H,23,25)/b22-10+. The van der Waals surface area contributed by atoms with Gasteiger partial charge in [-0.05, 0) is 62.6 Å². The van der Waals surface area contributed by atoms with Gasteiger partial charge in [-0.15, -0.1) is 0 Å². The van der Waals surface area contributed by atoms with Crippen molar-refractivity contribution in [3.63, 3.8) is 0 Å². The number of amides is 1. The van der Waals surface area contributed by atoms with E-state index >= 15 is 0 Å². The van der Waals surface area contributed by atoms with Crippen molar-refractivity contribution in [2.24, 2.45) is 5.10 Å². The van der Waals surface area contributed by atoms with E-state index in [4.69, 9.17) is 4.74 Å². The number of non-ortho nitro benzene ring substituents is 1. The van der Waals surface area contributed by atoms with E-state index in [1.807, 2.05) is 24.3 Å². The smallest absolute Gasteiger partial charge is 0.277 e. The van der Waals surface area contributed by atoms with Gasteiger partial charge in [-0.3, -0.25) is 14.9 Å². The Hall–Kier alpha value is -2.78. The van der Waals surface area contributed by atoms with Crippen LogP contribution in [0.5, 0.6) is 5.75 Å². The fourth-order valence-electron chi connectivity index (χ4n) is 2.39. The molecule has 0 aliphatic rings. The Balaban J connectivity index is 1.57. The van der Waals surface area contributed by atoms with Crippen LogP contribution in [0.15, 0.2) is 68.6 Å². The number of nitro groups is 1. The molecule has 7 nitrogen and oxygen atoms in total. The normalized spacial score (nSPS) is 10.9. The molecule has 0 saturated carbocycles. The van der Waals surface area contributed by atoms with Gasteiger partial charge in [-0.1, -0.05) is 28.1 Å². The summed E-state index contributed by atoms with van der Waals surface area (Å²) in [6, 6.07) is 15.4. The highest BCUT2D eigenvalue weighted by atomic mass is 79.9. The first-order valence-electron chi connectivity index (χ1n) is 8.01. The molecule has 1 N–H and O–H groups in total. The monoisotopic (exact) mass is 505 g/mol. The summed E-state index contributed by atoms with van der Waals surface area (Å²) >= 11 is 6.94. The summed E-state index contributed by atoms with van der Waals surface area (Å²) in [4.78, 5) is 22.0. The largest absolute Gasteiger partial charge is 0.483 e. The summed E-state index contributed by atoms with van der Waals surface area (Å²) in [5, 5.41) is 16.4. The lowest BCUT2D eigenvalue weighted by atomic mass is 10.1. The first-order valence-corrected chi connectivity index (χ1v) is 9.59. The summed E-state index contributed by atoms with van der Waals surface area (Å²) in [5.41, 5.74) is 2.96. The second kappa shape index (κ2) is 8.94. The number of benzene rings is 3. The van der Waals surface area contributed by atoms with Crippen molar-refractivity contribution in [1.82, 2.24) is 5.43 Å². The van der Waals surface area contributed by atoms with Gasteiger partial charge in [-0.25, -0.2) is 5.43 Å². The minimum atomic E-state index is -0.482. The number of carbonyl (C=O) groups is 1. The third-order valence-corrected chi connectivity index (χ3v) is 5.06. The summed E-state index contributed by atoms with van der Waals surface area (Å²) in [7, 11) is 0. The number of nitrogens with zero attached hydrogens (tertiary/aromatic N) is 2. The number of hydrazone groups is 1. The molecule has 0 heterocycles. The van der Waals surface area contributed by atoms with Gasteiger partial charge in [0.05, 0.1) is 15.6 Å². The van der Waals surface area contributed by atoms with E-state index in [0.717, 1.165) is 19.7 Å². The SMILES string of the molecule is O=C(COc1ccc2cc(Br)ccc2c1Br)N/N=C/c1ccc([N+](=O)[O-])cc1. The molecule has 0 fully saturated rings. The Morgan fingerprint density at radius 3 is 2.61 bits per heavy atom. The number of ether oxygens (including phenoxy) is 1. The van der Waals surface area contributed by atoms with Crippen LogP contribution >= 0.6 is 31.9 Å². The number of hydrogen-bond acceptors (Lipinski definition) is 5. The van der Waals surface area contributed by atoms with E-state index in [1.165, 1.54) is 30.5 Å². The Labute approximate surface area is 176 Å². The Morgan fingerprint density at radius 2 is 1.89 bits per heavy atom. The van der Waals surface area contributed by atoms with Crippen molar-refractivity contribution >= 4 is 60.4 Å². The predicted molar refractivity (Wildman–Crippen MR) is 114 cm³/mol. The number of nitrogens with one attached hydrogen (secondary N) is 1. The topological polar surface area (TPSA) is 93.8 Å². The molecule has 0 unspecified atom stereocenters. The molecule has 0 atom stereocenters. The fraction of sp³-hybridized carbons (Fsp3) is 0.0526. The molecule has 0 spiro atoms. The van der Waals surface area contributed by atoms with Crippen LogP contribution in [0.3, 0.4) is 0 Å². The minimum absolute atomic E-state index is 0.0112. The van der Waals surface area contributed by atoms with Crippen molar-refractivity contribution in [3.05, 3.63) is 79.2 Å². The van der Waals surface area contributed by atoms with Gasteiger partial charge in [0, 0.05) is 16.6 Å². The van der Waals surface area contributed by atoms with Crippen LogP contribution in [0.25, 0.3) is 10.8 Å². The zero-order valence-corrected chi connectivity index (χ0v) is 17.4. The summed E-state index contributed by atoms with van der Waals surface area (Å²) < 4.78 is 7.30. The van der Waals surface area contributed by atoms with Crippen LogP contribution in [0.2, 0.25) is 0 Å². The minimum Gasteiger partial charge on any atom is -0.483 e. The van der Waals surface area contributed by atoms with Gasteiger partial charge in [0.15, 0.2) is 6.61 Å². The molecule has 0 aliphatic carbocycles. The van der Waals surface area contributed by atoms with E-state index in [9.17, 15) is 14.9 Å². The van der Waals surface area contributed by atoms with E-state index in [1.54, 1.807) is 6.07 Å². The summed E-state index contributed by atoms with van der Waals surface area (Å²) in [6.45, 7) is -0.210. The highest BCUT2D eigenvalue weighted by Crippen LogP contribution is 2.34. The van der Waals surface area contributed by atoms with Crippen LogP contribution in [0.4, 0.5) is 5.69 Å². The van der Waals surface area contributed by atoms with E-state index < -0.39 is 10.8 Å². The van der Waals surface area contributed by atoms with Crippen LogP contribution in [0, 0.1) is 10.1 Å². The molecule has 9 heteroatoms. The molecule has 0 saturated heterocycles. The number of halogens is 2. The van der Waals surface area contributed by atoms with E-state index in [0.29, 0.717) is 11.3 Å². The third kappa shape index (κ3) is 4.93. The van der Waals surface area contributed by atoms with E-state index in [2.05, 4.69) is 42.4 Å². The maximum absolute atomic E-state index is 11.9. The Morgan fingerprint density at radius 1 is 1.14 bits per heavy atom. The van der Waals surface area contributed by atoms with Gasteiger partial charge >= 0.3 is 0 Å². The zero-order valence-electron chi connectivity index (χ0n) is 14.3. The molecule has 0 bridgehead atoms. The van der Waals surface area contributed by atoms with Gasteiger partial charge in [0.25, 0.3) is 11.6 Å². The predicted octanol–water partition coefficient (Wildman–Crippen LogP) is 4.80. The molecule has 0 aromatic heterocycles. The molecule has 3 aromatic rings. The first-order chi connectivity index (χ1) is 13.4. The Bertz CT molecular complexity index is 1070. The maximum atomic E-state index is 11.9. The van der Waals surface area contributed by atoms with E-state index in [-0.39, 0.29) is 12.3 Å². The van der Waals surface area contributed by atoms with Crippen molar-refractivity contribution in [2.75, 3.05) is 6.61 Å². The first kappa shape index (κ1) is 20.0. The third-order valence-electron chi connectivity index (χ3n) is 3.75.